The first-order valence-corrected chi connectivity index (χ1v) is 11.4. The Kier molecular flexibility index (Phi) is 6.02. The Hall–Kier alpha value is -2.42. The zero-order valence-corrected chi connectivity index (χ0v) is 17.6. The number of rotatable bonds is 6. The van der Waals surface area contributed by atoms with Crippen molar-refractivity contribution in [2.45, 2.75) is 13.3 Å². The van der Waals surface area contributed by atoms with Gasteiger partial charge in [0.05, 0.1) is 6.26 Å². The molecule has 0 saturated heterocycles. The van der Waals surface area contributed by atoms with Crippen LogP contribution in [-0.2, 0) is 16.4 Å². The molecule has 0 bridgehead atoms. The number of nitrogens with zero attached hydrogens (tertiary/aromatic N) is 1. The van der Waals surface area contributed by atoms with Gasteiger partial charge in [-0.05, 0) is 42.3 Å². The van der Waals surface area contributed by atoms with Crippen LogP contribution in [0.1, 0.15) is 26.4 Å². The van der Waals surface area contributed by atoms with Gasteiger partial charge in [0.25, 0.3) is 5.91 Å². The molecule has 3 rings (SSSR count). The number of hydrogen-bond acceptors (Lipinski definition) is 5. The van der Waals surface area contributed by atoms with E-state index in [1.54, 1.807) is 24.4 Å². The first-order valence-electron chi connectivity index (χ1n) is 8.28. The SMILES string of the molecule is Cc1ccc(Cc2cnc(NC(=O)c3cccc(NS(C)(=O)=O)c3)s2)cc1Cl. The lowest BCUT2D eigenvalue weighted by Gasteiger charge is -2.06. The Labute approximate surface area is 172 Å². The van der Waals surface area contributed by atoms with Crippen molar-refractivity contribution in [2.24, 2.45) is 0 Å². The van der Waals surface area contributed by atoms with Crippen LogP contribution in [0.3, 0.4) is 0 Å². The smallest absolute Gasteiger partial charge is 0.257 e. The summed E-state index contributed by atoms with van der Waals surface area (Å²) in [6.07, 6.45) is 3.44. The second kappa shape index (κ2) is 8.30. The number of amides is 1. The van der Waals surface area contributed by atoms with Crippen LogP contribution in [0, 0.1) is 6.92 Å². The number of nitrogens with one attached hydrogen (secondary N) is 2. The standard InChI is InChI=1S/C19H18ClN3O3S2/c1-12-6-7-13(9-17(12)20)8-16-11-21-19(27-16)22-18(24)14-4-3-5-15(10-14)23-28(2,25)26/h3-7,9-11,23H,8H2,1-2H3,(H,21,22,24). The maximum Gasteiger partial charge on any atom is 0.257 e. The van der Waals surface area contributed by atoms with Gasteiger partial charge >= 0.3 is 0 Å². The number of sulfonamides is 1. The third-order valence-electron chi connectivity index (χ3n) is 3.82. The lowest BCUT2D eigenvalue weighted by Crippen LogP contribution is -2.13. The van der Waals surface area contributed by atoms with E-state index >= 15 is 0 Å². The molecule has 3 aromatic rings. The zero-order valence-electron chi connectivity index (χ0n) is 15.2. The fraction of sp³-hybridized carbons (Fsp3) is 0.158. The Morgan fingerprint density at radius 3 is 2.71 bits per heavy atom. The average Bonchev–Trinajstić information content (AvgIpc) is 3.04. The highest BCUT2D eigenvalue weighted by Crippen LogP contribution is 2.24. The molecule has 0 atom stereocenters. The maximum atomic E-state index is 12.4. The van der Waals surface area contributed by atoms with Crippen LogP contribution in [0.2, 0.25) is 5.02 Å². The van der Waals surface area contributed by atoms with E-state index in [-0.39, 0.29) is 5.91 Å². The summed E-state index contributed by atoms with van der Waals surface area (Å²) in [5.74, 6) is -0.364. The molecule has 6 nitrogen and oxygen atoms in total. The summed E-state index contributed by atoms with van der Waals surface area (Å²) in [6, 6.07) is 12.2. The number of halogens is 1. The molecule has 0 unspecified atom stereocenters. The molecule has 0 aliphatic heterocycles. The summed E-state index contributed by atoms with van der Waals surface area (Å²) in [4.78, 5) is 17.7. The van der Waals surface area contributed by atoms with Crippen LogP contribution in [0.25, 0.3) is 0 Å². The number of benzene rings is 2. The van der Waals surface area contributed by atoms with Crippen molar-refractivity contribution >= 4 is 49.7 Å². The Bertz CT molecular complexity index is 1130. The van der Waals surface area contributed by atoms with Crippen LogP contribution in [0.5, 0.6) is 0 Å². The van der Waals surface area contributed by atoms with E-state index in [9.17, 15) is 13.2 Å². The second-order valence-electron chi connectivity index (χ2n) is 6.30. The Morgan fingerprint density at radius 1 is 1.21 bits per heavy atom. The molecule has 0 aliphatic carbocycles. The third-order valence-corrected chi connectivity index (χ3v) is 5.74. The Morgan fingerprint density at radius 2 is 2.00 bits per heavy atom. The first-order chi connectivity index (χ1) is 13.2. The van der Waals surface area contributed by atoms with Gasteiger partial charge in [0.1, 0.15) is 0 Å². The predicted molar refractivity (Wildman–Crippen MR) is 114 cm³/mol. The van der Waals surface area contributed by atoms with E-state index in [1.165, 1.54) is 17.4 Å². The summed E-state index contributed by atoms with van der Waals surface area (Å²) < 4.78 is 25.0. The van der Waals surface area contributed by atoms with Gasteiger partial charge in [0, 0.05) is 33.8 Å². The summed E-state index contributed by atoms with van der Waals surface area (Å²) in [5.41, 5.74) is 2.74. The predicted octanol–water partition coefficient (Wildman–Crippen LogP) is 4.32. The van der Waals surface area contributed by atoms with Crippen molar-refractivity contribution < 1.29 is 13.2 Å². The van der Waals surface area contributed by atoms with E-state index in [4.69, 9.17) is 11.6 Å². The molecule has 0 saturated carbocycles. The largest absolute Gasteiger partial charge is 0.298 e. The van der Waals surface area contributed by atoms with Crippen molar-refractivity contribution in [3.63, 3.8) is 0 Å². The van der Waals surface area contributed by atoms with Crippen molar-refractivity contribution in [2.75, 3.05) is 16.3 Å². The normalized spacial score (nSPS) is 11.2. The number of carbonyl (C=O) groups excluding carboxylic acids is 1. The molecule has 146 valence electrons. The Balaban J connectivity index is 1.68. The molecule has 1 amide bonds. The van der Waals surface area contributed by atoms with Crippen LogP contribution in [0.4, 0.5) is 10.8 Å². The zero-order chi connectivity index (χ0) is 20.3. The quantitative estimate of drug-likeness (QED) is 0.603. The lowest BCUT2D eigenvalue weighted by atomic mass is 10.1. The number of hydrogen-bond donors (Lipinski definition) is 2. The van der Waals surface area contributed by atoms with Crippen molar-refractivity contribution in [1.29, 1.82) is 0 Å². The maximum absolute atomic E-state index is 12.4. The van der Waals surface area contributed by atoms with E-state index in [2.05, 4.69) is 15.0 Å². The fourth-order valence-corrected chi connectivity index (χ4v) is 4.10. The van der Waals surface area contributed by atoms with Crippen molar-refractivity contribution in [3.05, 3.63) is 75.3 Å². The first kappa shape index (κ1) is 20.3. The molecular weight excluding hydrogens is 418 g/mol. The molecular formula is C19H18ClN3O3S2. The minimum Gasteiger partial charge on any atom is -0.298 e. The monoisotopic (exact) mass is 435 g/mol. The molecule has 1 heterocycles. The van der Waals surface area contributed by atoms with Gasteiger partial charge in [-0.25, -0.2) is 13.4 Å². The molecule has 28 heavy (non-hydrogen) atoms. The van der Waals surface area contributed by atoms with E-state index < -0.39 is 10.0 Å². The lowest BCUT2D eigenvalue weighted by molar-refractivity contribution is 0.102. The van der Waals surface area contributed by atoms with Crippen LogP contribution >= 0.6 is 22.9 Å². The third kappa shape index (κ3) is 5.54. The van der Waals surface area contributed by atoms with Gasteiger partial charge in [-0.3, -0.25) is 14.8 Å². The summed E-state index contributed by atoms with van der Waals surface area (Å²) in [5, 5.41) is 3.93. The average molecular weight is 436 g/mol. The molecule has 0 fully saturated rings. The molecule has 0 radical (unpaired) electrons. The highest BCUT2D eigenvalue weighted by molar-refractivity contribution is 7.92. The highest BCUT2D eigenvalue weighted by atomic mass is 35.5. The highest BCUT2D eigenvalue weighted by Gasteiger charge is 2.11. The van der Waals surface area contributed by atoms with Gasteiger partial charge < -0.3 is 0 Å². The second-order valence-corrected chi connectivity index (χ2v) is 9.57. The van der Waals surface area contributed by atoms with Gasteiger partial charge in [-0.15, -0.1) is 11.3 Å². The van der Waals surface area contributed by atoms with Crippen molar-refractivity contribution in [3.8, 4) is 0 Å². The molecule has 2 aromatic carbocycles. The van der Waals surface area contributed by atoms with Crippen LogP contribution in [0.15, 0.2) is 48.7 Å². The summed E-state index contributed by atoms with van der Waals surface area (Å²) >= 11 is 7.54. The van der Waals surface area contributed by atoms with Crippen LogP contribution in [-0.4, -0.2) is 25.6 Å². The number of anilines is 2. The number of carbonyl (C=O) groups is 1. The minimum atomic E-state index is -3.41. The topological polar surface area (TPSA) is 88.2 Å². The molecule has 2 N–H and O–H groups in total. The van der Waals surface area contributed by atoms with E-state index in [0.717, 1.165) is 27.3 Å². The molecule has 0 aliphatic rings. The molecule has 1 aromatic heterocycles. The van der Waals surface area contributed by atoms with Crippen molar-refractivity contribution in [1.82, 2.24) is 4.98 Å². The molecule has 0 spiro atoms. The number of thiazole rings is 1. The molecule has 9 heteroatoms. The minimum absolute atomic E-state index is 0.325. The van der Waals surface area contributed by atoms with E-state index in [0.29, 0.717) is 22.8 Å². The number of aryl methyl sites for hydroxylation is 1. The van der Waals surface area contributed by atoms with Crippen LogP contribution < -0.4 is 10.0 Å². The van der Waals surface area contributed by atoms with Gasteiger partial charge in [0.15, 0.2) is 5.13 Å². The van der Waals surface area contributed by atoms with Gasteiger partial charge in [-0.2, -0.15) is 0 Å². The van der Waals surface area contributed by atoms with Gasteiger partial charge in [-0.1, -0.05) is 29.8 Å². The summed E-state index contributed by atoms with van der Waals surface area (Å²) in [6.45, 7) is 1.95. The number of aromatic nitrogens is 1. The van der Waals surface area contributed by atoms with Gasteiger partial charge in [0.2, 0.25) is 10.0 Å². The fourth-order valence-electron chi connectivity index (χ4n) is 2.50. The summed E-state index contributed by atoms with van der Waals surface area (Å²) in [7, 11) is -3.41. The van der Waals surface area contributed by atoms with E-state index in [1.807, 2.05) is 25.1 Å².